The van der Waals surface area contributed by atoms with E-state index in [0.29, 0.717) is 12.6 Å². The number of amides is 1. The molecule has 1 fully saturated rings. The maximum absolute atomic E-state index is 11.8. The molecule has 0 aliphatic carbocycles. The first-order chi connectivity index (χ1) is 10.9. The van der Waals surface area contributed by atoms with Gasteiger partial charge >= 0.3 is 6.09 Å². The molecule has 2 heterocycles. The van der Waals surface area contributed by atoms with E-state index in [4.69, 9.17) is 4.74 Å². The zero-order chi connectivity index (χ0) is 16.9. The minimum atomic E-state index is -0.466. The average molecular weight is 338 g/mol. The Morgan fingerprint density at radius 2 is 2.17 bits per heavy atom. The Bertz CT molecular complexity index is 533. The summed E-state index contributed by atoms with van der Waals surface area (Å²) in [6.45, 7) is 7.99. The van der Waals surface area contributed by atoms with Crippen LogP contribution in [0.3, 0.4) is 0 Å². The topological polar surface area (TPSA) is 67.4 Å². The van der Waals surface area contributed by atoms with Gasteiger partial charge in [0, 0.05) is 31.5 Å². The Morgan fingerprint density at radius 1 is 1.43 bits per heavy atom. The van der Waals surface area contributed by atoms with Crippen molar-refractivity contribution in [2.24, 2.45) is 0 Å². The summed E-state index contributed by atoms with van der Waals surface area (Å²) in [5.74, 6) is 0. The van der Waals surface area contributed by atoms with E-state index in [1.165, 1.54) is 0 Å². The van der Waals surface area contributed by atoms with Crippen molar-refractivity contribution in [2.45, 2.75) is 56.8 Å². The van der Waals surface area contributed by atoms with E-state index >= 15 is 0 Å². The largest absolute Gasteiger partial charge is 0.444 e. The minimum absolute atomic E-state index is 0.319. The summed E-state index contributed by atoms with van der Waals surface area (Å²) in [4.78, 5) is 23.0. The number of alkyl carbamates (subject to hydrolysis) is 1. The second-order valence-electron chi connectivity index (χ2n) is 6.66. The van der Waals surface area contributed by atoms with E-state index in [-0.39, 0.29) is 6.09 Å². The van der Waals surface area contributed by atoms with Gasteiger partial charge in [0.05, 0.1) is 5.69 Å². The number of aromatic nitrogens is 2. The Balaban J connectivity index is 1.89. The van der Waals surface area contributed by atoms with Crippen molar-refractivity contribution < 1.29 is 9.53 Å². The first-order valence-electron chi connectivity index (χ1n) is 7.94. The van der Waals surface area contributed by atoms with E-state index in [2.05, 4.69) is 20.2 Å². The molecule has 0 bridgehead atoms. The molecular weight excluding hydrogens is 312 g/mol. The fourth-order valence-corrected chi connectivity index (χ4v) is 3.19. The predicted octanol–water partition coefficient (Wildman–Crippen LogP) is 2.69. The molecule has 1 atom stereocenters. The van der Waals surface area contributed by atoms with Crippen LogP contribution in [0.1, 0.15) is 39.3 Å². The summed E-state index contributed by atoms with van der Waals surface area (Å²) in [5.41, 5.74) is 0.538. The molecule has 23 heavy (non-hydrogen) atoms. The van der Waals surface area contributed by atoms with E-state index < -0.39 is 5.60 Å². The molecule has 0 aromatic carbocycles. The lowest BCUT2D eigenvalue weighted by molar-refractivity contribution is 0.0512. The van der Waals surface area contributed by atoms with Gasteiger partial charge in [-0.1, -0.05) is 0 Å². The molecule has 2 rings (SSSR count). The Hall–Kier alpha value is -1.34. The minimum Gasteiger partial charge on any atom is -0.444 e. The summed E-state index contributed by atoms with van der Waals surface area (Å²) in [7, 11) is 0. The number of nitrogens with zero attached hydrogens (tertiary/aromatic N) is 3. The first kappa shape index (κ1) is 18.0. The number of hydrogen-bond donors (Lipinski definition) is 1. The first-order valence-corrected chi connectivity index (χ1v) is 9.16. The van der Waals surface area contributed by atoms with E-state index in [1.807, 2.05) is 27.0 Å². The van der Waals surface area contributed by atoms with Gasteiger partial charge in [-0.3, -0.25) is 9.88 Å². The van der Waals surface area contributed by atoms with Crippen molar-refractivity contribution in [2.75, 3.05) is 19.3 Å². The standard InChI is InChI=1S/C16H26N4O2S/c1-16(2,3)22-15(21)19-10-12-6-5-9-20(12)11-13-14(23-4)18-8-7-17-13/h7-8,12H,5-6,9-11H2,1-4H3,(H,19,21)/t12-/m1/s1. The SMILES string of the molecule is CSc1nccnc1CN1CCC[C@@H]1CNC(=O)OC(C)(C)C. The molecule has 1 aliphatic rings. The van der Waals surface area contributed by atoms with E-state index in [1.54, 1.807) is 24.2 Å². The van der Waals surface area contributed by atoms with Gasteiger partial charge in [-0.2, -0.15) is 0 Å². The van der Waals surface area contributed by atoms with Crippen LogP contribution in [-0.2, 0) is 11.3 Å². The third-order valence-corrected chi connectivity index (χ3v) is 4.39. The zero-order valence-electron chi connectivity index (χ0n) is 14.3. The van der Waals surface area contributed by atoms with Crippen LogP contribution in [0, 0.1) is 0 Å². The molecule has 7 heteroatoms. The van der Waals surface area contributed by atoms with E-state index in [0.717, 1.165) is 36.7 Å². The number of likely N-dealkylation sites (tertiary alicyclic amines) is 1. The fourth-order valence-electron chi connectivity index (χ4n) is 2.68. The zero-order valence-corrected chi connectivity index (χ0v) is 15.2. The highest BCUT2D eigenvalue weighted by Crippen LogP contribution is 2.22. The van der Waals surface area contributed by atoms with Crippen LogP contribution >= 0.6 is 11.8 Å². The lowest BCUT2D eigenvalue weighted by Gasteiger charge is -2.26. The van der Waals surface area contributed by atoms with Crippen molar-refractivity contribution in [1.82, 2.24) is 20.2 Å². The van der Waals surface area contributed by atoms with Gasteiger partial charge in [0.2, 0.25) is 0 Å². The molecule has 1 N–H and O–H groups in total. The van der Waals surface area contributed by atoms with Gasteiger partial charge in [-0.05, 0) is 46.4 Å². The van der Waals surface area contributed by atoms with Gasteiger partial charge in [0.15, 0.2) is 0 Å². The van der Waals surface area contributed by atoms with Crippen molar-refractivity contribution in [3.8, 4) is 0 Å². The molecular formula is C16H26N4O2S. The molecule has 1 saturated heterocycles. The fraction of sp³-hybridized carbons (Fsp3) is 0.688. The number of carbonyl (C=O) groups excluding carboxylic acids is 1. The Kier molecular flexibility index (Phi) is 6.24. The monoisotopic (exact) mass is 338 g/mol. The molecule has 0 radical (unpaired) electrons. The number of rotatable bonds is 5. The maximum Gasteiger partial charge on any atom is 0.407 e. The summed E-state index contributed by atoms with van der Waals surface area (Å²) >= 11 is 1.61. The van der Waals surface area contributed by atoms with Crippen molar-refractivity contribution in [1.29, 1.82) is 0 Å². The number of ether oxygens (including phenoxy) is 1. The van der Waals surface area contributed by atoms with Gasteiger partial charge < -0.3 is 10.1 Å². The molecule has 6 nitrogen and oxygen atoms in total. The molecule has 128 valence electrons. The summed E-state index contributed by atoms with van der Waals surface area (Å²) in [5, 5.41) is 3.85. The summed E-state index contributed by atoms with van der Waals surface area (Å²) in [6.07, 6.45) is 7.33. The molecule has 1 amide bonds. The summed E-state index contributed by atoms with van der Waals surface area (Å²) in [6, 6.07) is 0.319. The highest BCUT2D eigenvalue weighted by Gasteiger charge is 2.27. The molecule has 0 spiro atoms. The highest BCUT2D eigenvalue weighted by atomic mass is 32.2. The van der Waals surface area contributed by atoms with Gasteiger partial charge in [0.25, 0.3) is 0 Å². The van der Waals surface area contributed by atoms with Gasteiger partial charge in [0.1, 0.15) is 10.6 Å². The normalized spacial score (nSPS) is 18.9. The number of hydrogen-bond acceptors (Lipinski definition) is 6. The van der Waals surface area contributed by atoms with Crippen LogP contribution in [0.25, 0.3) is 0 Å². The number of carbonyl (C=O) groups is 1. The Labute approximate surface area is 142 Å². The average Bonchev–Trinajstić information content (AvgIpc) is 2.91. The third kappa shape index (κ3) is 5.66. The number of nitrogens with one attached hydrogen (secondary N) is 1. The Morgan fingerprint density at radius 3 is 2.87 bits per heavy atom. The molecule has 1 aromatic rings. The smallest absolute Gasteiger partial charge is 0.407 e. The van der Waals surface area contributed by atoms with Crippen molar-refractivity contribution in [3.05, 3.63) is 18.1 Å². The van der Waals surface area contributed by atoms with Gasteiger partial charge in [-0.25, -0.2) is 9.78 Å². The van der Waals surface area contributed by atoms with Crippen LogP contribution in [0.15, 0.2) is 17.4 Å². The lowest BCUT2D eigenvalue weighted by Crippen LogP contribution is -2.41. The predicted molar refractivity (Wildman–Crippen MR) is 91.5 cm³/mol. The molecule has 1 aliphatic heterocycles. The van der Waals surface area contributed by atoms with Crippen molar-refractivity contribution in [3.63, 3.8) is 0 Å². The van der Waals surface area contributed by atoms with Crippen LogP contribution in [0.4, 0.5) is 4.79 Å². The van der Waals surface area contributed by atoms with Crippen LogP contribution < -0.4 is 5.32 Å². The van der Waals surface area contributed by atoms with E-state index in [9.17, 15) is 4.79 Å². The second kappa shape index (κ2) is 7.97. The molecule has 0 unspecified atom stereocenters. The number of thioether (sulfide) groups is 1. The van der Waals surface area contributed by atoms with Crippen LogP contribution in [0.2, 0.25) is 0 Å². The maximum atomic E-state index is 11.8. The highest BCUT2D eigenvalue weighted by molar-refractivity contribution is 7.98. The van der Waals surface area contributed by atoms with Gasteiger partial charge in [-0.15, -0.1) is 11.8 Å². The second-order valence-corrected chi connectivity index (χ2v) is 7.46. The quantitative estimate of drug-likeness (QED) is 0.833. The van der Waals surface area contributed by atoms with Crippen LogP contribution in [0.5, 0.6) is 0 Å². The third-order valence-electron chi connectivity index (χ3n) is 3.66. The lowest BCUT2D eigenvalue weighted by atomic mass is 10.2. The summed E-state index contributed by atoms with van der Waals surface area (Å²) < 4.78 is 5.29. The molecule has 1 aromatic heterocycles. The van der Waals surface area contributed by atoms with Crippen LogP contribution in [-0.4, -0.2) is 51.9 Å². The molecule has 0 saturated carbocycles. The van der Waals surface area contributed by atoms with Crippen molar-refractivity contribution >= 4 is 17.9 Å².